The molecule has 0 aliphatic carbocycles. The first-order chi connectivity index (χ1) is 13.0. The first-order valence-electron chi connectivity index (χ1n) is 8.43. The highest BCUT2D eigenvalue weighted by Gasteiger charge is 2.18. The first-order valence-corrected chi connectivity index (χ1v) is 8.81. The van der Waals surface area contributed by atoms with Crippen LogP contribution in [0.2, 0.25) is 5.02 Å². The molecule has 9 heteroatoms. The number of anilines is 2. The van der Waals surface area contributed by atoms with Gasteiger partial charge in [-0.1, -0.05) is 11.6 Å². The molecule has 1 aromatic heterocycles. The summed E-state index contributed by atoms with van der Waals surface area (Å²) in [6.45, 7) is 4.49. The van der Waals surface area contributed by atoms with Crippen molar-refractivity contribution in [1.29, 1.82) is 0 Å². The zero-order chi connectivity index (χ0) is 19.4. The van der Waals surface area contributed by atoms with Gasteiger partial charge >= 0.3 is 0 Å². The van der Waals surface area contributed by atoms with E-state index in [0.717, 1.165) is 12.0 Å². The number of ether oxygens (including phenoxy) is 1. The quantitative estimate of drug-likeness (QED) is 0.787. The van der Waals surface area contributed by atoms with Crippen molar-refractivity contribution in [2.45, 2.75) is 6.92 Å². The minimum atomic E-state index is -0.389. The Labute approximate surface area is 162 Å². The van der Waals surface area contributed by atoms with Crippen LogP contribution in [0.4, 0.5) is 11.5 Å². The average Bonchev–Trinajstić information content (AvgIpc) is 2.70. The lowest BCUT2D eigenvalue weighted by molar-refractivity contribution is -0.118. The van der Waals surface area contributed by atoms with E-state index in [0.29, 0.717) is 48.5 Å². The number of carbonyl (C=O) groups excluding carboxylic acids is 2. The zero-order valence-electron chi connectivity index (χ0n) is 15.1. The summed E-state index contributed by atoms with van der Waals surface area (Å²) in [5.41, 5.74) is 1.53. The molecule has 0 bridgehead atoms. The molecular weight excluding hydrogens is 370 g/mol. The summed E-state index contributed by atoms with van der Waals surface area (Å²) in [6, 6.07) is 3.40. The van der Waals surface area contributed by atoms with Crippen molar-refractivity contribution in [3.05, 3.63) is 40.8 Å². The second kappa shape index (κ2) is 8.22. The normalized spacial score (nSPS) is 14.0. The number of amides is 2. The Hall–Kier alpha value is -2.87. The van der Waals surface area contributed by atoms with Gasteiger partial charge in [-0.3, -0.25) is 9.59 Å². The molecular formula is C18H20ClN5O3. The number of aryl methyl sites for hydroxylation is 1. The number of piperazine rings is 1. The molecule has 142 valence electrons. The van der Waals surface area contributed by atoms with Gasteiger partial charge in [-0.05, 0) is 18.6 Å². The summed E-state index contributed by atoms with van der Waals surface area (Å²) in [5.74, 6) is 0.758. The topological polar surface area (TPSA) is 87.7 Å². The molecule has 1 aliphatic heterocycles. The fourth-order valence-electron chi connectivity index (χ4n) is 2.77. The lowest BCUT2D eigenvalue weighted by atomic mass is 10.2. The van der Waals surface area contributed by atoms with Gasteiger partial charge in [0.05, 0.1) is 25.2 Å². The molecule has 1 aliphatic rings. The third kappa shape index (κ3) is 4.28. The van der Waals surface area contributed by atoms with Gasteiger partial charge in [0.1, 0.15) is 17.3 Å². The number of hydrogen-bond donors (Lipinski definition) is 1. The molecule has 0 radical (unpaired) electrons. The van der Waals surface area contributed by atoms with E-state index in [-0.39, 0.29) is 11.6 Å². The Morgan fingerprint density at radius 2 is 1.96 bits per heavy atom. The maximum Gasteiger partial charge on any atom is 0.275 e. The monoisotopic (exact) mass is 389 g/mol. The van der Waals surface area contributed by atoms with Crippen molar-refractivity contribution >= 4 is 35.4 Å². The molecule has 1 N–H and O–H groups in total. The Morgan fingerprint density at radius 3 is 2.56 bits per heavy atom. The summed E-state index contributed by atoms with van der Waals surface area (Å²) in [6.07, 6.45) is 3.85. The van der Waals surface area contributed by atoms with Crippen LogP contribution in [0.1, 0.15) is 16.1 Å². The van der Waals surface area contributed by atoms with E-state index in [1.807, 2.05) is 11.8 Å². The van der Waals surface area contributed by atoms with Crippen LogP contribution in [0.3, 0.4) is 0 Å². The Morgan fingerprint density at radius 1 is 1.22 bits per heavy atom. The number of methoxy groups -OCH3 is 1. The van der Waals surface area contributed by atoms with Gasteiger partial charge in [0.25, 0.3) is 5.91 Å². The molecule has 0 saturated carbocycles. The number of nitrogens with one attached hydrogen (secondary N) is 1. The number of nitrogens with zero attached hydrogens (tertiary/aromatic N) is 4. The number of carbonyl (C=O) groups is 2. The van der Waals surface area contributed by atoms with E-state index in [1.54, 1.807) is 23.2 Å². The Balaban J connectivity index is 1.70. The number of aromatic nitrogens is 2. The molecule has 1 aromatic carbocycles. The fraction of sp³-hybridized carbons (Fsp3) is 0.333. The number of hydrogen-bond acceptors (Lipinski definition) is 6. The number of rotatable bonds is 5. The Kier molecular flexibility index (Phi) is 5.75. The molecule has 3 rings (SSSR count). The van der Waals surface area contributed by atoms with E-state index < -0.39 is 0 Å². The highest BCUT2D eigenvalue weighted by atomic mass is 35.5. The second-order valence-corrected chi connectivity index (χ2v) is 6.55. The van der Waals surface area contributed by atoms with Crippen molar-refractivity contribution in [3.63, 3.8) is 0 Å². The first kappa shape index (κ1) is 18.9. The predicted octanol–water partition coefficient (Wildman–Crippen LogP) is 1.98. The van der Waals surface area contributed by atoms with Gasteiger partial charge in [-0.2, -0.15) is 0 Å². The highest BCUT2D eigenvalue weighted by molar-refractivity contribution is 6.31. The standard InChI is InChI=1S/C18H20ClN5O3/c1-12-7-14(16(27-2)8-13(12)19)22-18(26)15-9-21-17(10-20-15)24-5-3-23(11-25)4-6-24/h7-11H,3-6H2,1-2H3,(H,22,26). The van der Waals surface area contributed by atoms with E-state index in [2.05, 4.69) is 15.3 Å². The summed E-state index contributed by atoms with van der Waals surface area (Å²) in [7, 11) is 1.51. The molecule has 2 heterocycles. The van der Waals surface area contributed by atoms with Crippen LogP contribution in [-0.2, 0) is 4.79 Å². The van der Waals surface area contributed by atoms with E-state index in [4.69, 9.17) is 16.3 Å². The number of halogens is 1. The molecule has 0 spiro atoms. The predicted molar refractivity (Wildman–Crippen MR) is 103 cm³/mol. The summed E-state index contributed by atoms with van der Waals surface area (Å²) >= 11 is 6.09. The van der Waals surface area contributed by atoms with Crippen molar-refractivity contribution in [1.82, 2.24) is 14.9 Å². The molecule has 2 aromatic rings. The smallest absolute Gasteiger partial charge is 0.275 e. The van der Waals surface area contributed by atoms with Gasteiger partial charge in [-0.25, -0.2) is 9.97 Å². The summed E-state index contributed by atoms with van der Waals surface area (Å²) in [5, 5.41) is 3.33. The molecule has 0 unspecified atom stereocenters. The zero-order valence-corrected chi connectivity index (χ0v) is 15.9. The van der Waals surface area contributed by atoms with Crippen molar-refractivity contribution in [3.8, 4) is 5.75 Å². The maximum atomic E-state index is 12.5. The third-order valence-electron chi connectivity index (χ3n) is 4.39. The molecule has 8 nitrogen and oxygen atoms in total. The van der Waals surface area contributed by atoms with Gasteiger partial charge < -0.3 is 19.9 Å². The van der Waals surface area contributed by atoms with Crippen molar-refractivity contribution in [2.24, 2.45) is 0 Å². The SMILES string of the molecule is COc1cc(Cl)c(C)cc1NC(=O)c1cnc(N2CCN(C=O)CC2)cn1. The van der Waals surface area contributed by atoms with Gasteiger partial charge in [0.15, 0.2) is 0 Å². The second-order valence-electron chi connectivity index (χ2n) is 6.14. The van der Waals surface area contributed by atoms with Crippen LogP contribution in [0.25, 0.3) is 0 Å². The van der Waals surface area contributed by atoms with Crippen LogP contribution >= 0.6 is 11.6 Å². The third-order valence-corrected chi connectivity index (χ3v) is 4.79. The van der Waals surface area contributed by atoms with E-state index >= 15 is 0 Å². The van der Waals surface area contributed by atoms with Gasteiger partial charge in [0, 0.05) is 37.3 Å². The minimum absolute atomic E-state index is 0.194. The summed E-state index contributed by atoms with van der Waals surface area (Å²) < 4.78 is 5.26. The van der Waals surface area contributed by atoms with Crippen LogP contribution in [-0.4, -0.2) is 60.5 Å². The Bertz CT molecular complexity index is 836. The molecule has 27 heavy (non-hydrogen) atoms. The summed E-state index contributed by atoms with van der Waals surface area (Å²) in [4.78, 5) is 35.6. The fourth-order valence-corrected chi connectivity index (χ4v) is 2.93. The van der Waals surface area contributed by atoms with E-state index in [9.17, 15) is 9.59 Å². The highest BCUT2D eigenvalue weighted by Crippen LogP contribution is 2.31. The minimum Gasteiger partial charge on any atom is -0.495 e. The van der Waals surface area contributed by atoms with Crippen molar-refractivity contribution < 1.29 is 14.3 Å². The van der Waals surface area contributed by atoms with E-state index in [1.165, 1.54) is 13.3 Å². The lowest BCUT2D eigenvalue weighted by Gasteiger charge is -2.33. The average molecular weight is 390 g/mol. The van der Waals surface area contributed by atoms with Gasteiger partial charge in [-0.15, -0.1) is 0 Å². The molecule has 1 fully saturated rings. The largest absolute Gasteiger partial charge is 0.495 e. The lowest BCUT2D eigenvalue weighted by Crippen LogP contribution is -2.46. The molecule has 0 atom stereocenters. The molecule has 1 saturated heterocycles. The van der Waals surface area contributed by atoms with Crippen LogP contribution < -0.4 is 15.0 Å². The maximum absolute atomic E-state index is 12.5. The molecule has 2 amide bonds. The van der Waals surface area contributed by atoms with Crippen molar-refractivity contribution in [2.75, 3.05) is 43.5 Å². The van der Waals surface area contributed by atoms with Crippen LogP contribution in [0.5, 0.6) is 5.75 Å². The van der Waals surface area contributed by atoms with Crippen LogP contribution in [0, 0.1) is 6.92 Å². The number of benzene rings is 1. The van der Waals surface area contributed by atoms with Crippen LogP contribution in [0.15, 0.2) is 24.5 Å². The van der Waals surface area contributed by atoms with Gasteiger partial charge in [0.2, 0.25) is 6.41 Å².